The third kappa shape index (κ3) is 1.89. The summed E-state index contributed by atoms with van der Waals surface area (Å²) in [5.41, 5.74) is 5.68. The molecule has 2 nitrogen and oxygen atoms in total. The Kier molecular flexibility index (Phi) is 2.89. The molecule has 2 rings (SSSR count). The lowest BCUT2D eigenvalue weighted by Crippen LogP contribution is -2.50. The predicted octanol–water partition coefficient (Wildman–Crippen LogP) is 1.31. The number of nitrogens with two attached hydrogens (primary N) is 1. The molecule has 13 heavy (non-hydrogen) atoms. The van der Waals surface area contributed by atoms with Gasteiger partial charge < -0.3 is 10.6 Å². The molecule has 1 atom stereocenters. The van der Waals surface area contributed by atoms with Crippen LogP contribution in [0.2, 0.25) is 0 Å². The van der Waals surface area contributed by atoms with Crippen molar-refractivity contribution in [2.75, 3.05) is 26.7 Å². The Morgan fingerprint density at radius 2 is 2.00 bits per heavy atom. The summed E-state index contributed by atoms with van der Waals surface area (Å²) in [7, 11) is 2.22. The molecule has 1 saturated carbocycles. The zero-order chi connectivity index (χ0) is 9.26. The van der Waals surface area contributed by atoms with E-state index in [-0.39, 0.29) is 0 Å². The Balaban J connectivity index is 1.82. The summed E-state index contributed by atoms with van der Waals surface area (Å²) in [5.74, 6) is 2.95. The average Bonchev–Trinajstić information content (AvgIpc) is 1.94. The number of hydrogen-bond donors (Lipinski definition) is 1. The van der Waals surface area contributed by atoms with Crippen LogP contribution in [0.4, 0.5) is 0 Å². The van der Waals surface area contributed by atoms with Crippen molar-refractivity contribution in [2.24, 2.45) is 23.5 Å². The minimum absolute atomic E-state index is 0.890. The largest absolute Gasteiger partial charge is 0.330 e. The molecule has 0 radical (unpaired) electrons. The van der Waals surface area contributed by atoms with Gasteiger partial charge in [0.05, 0.1) is 0 Å². The van der Waals surface area contributed by atoms with E-state index in [1.54, 1.807) is 0 Å². The average molecular weight is 182 g/mol. The van der Waals surface area contributed by atoms with E-state index in [4.69, 9.17) is 5.73 Å². The summed E-state index contributed by atoms with van der Waals surface area (Å²) in [4.78, 5) is 2.42. The lowest BCUT2D eigenvalue weighted by atomic mass is 9.67. The Morgan fingerprint density at radius 3 is 2.38 bits per heavy atom. The number of rotatable bonds is 4. The molecule has 0 bridgehead atoms. The van der Waals surface area contributed by atoms with Crippen LogP contribution >= 0.6 is 0 Å². The lowest BCUT2D eigenvalue weighted by molar-refractivity contribution is 0.0276. The maximum atomic E-state index is 5.68. The van der Waals surface area contributed by atoms with Gasteiger partial charge >= 0.3 is 0 Å². The highest BCUT2D eigenvalue weighted by molar-refractivity contribution is 4.89. The van der Waals surface area contributed by atoms with Gasteiger partial charge in [0.2, 0.25) is 0 Å². The van der Waals surface area contributed by atoms with Crippen molar-refractivity contribution in [1.82, 2.24) is 4.90 Å². The summed E-state index contributed by atoms with van der Waals surface area (Å²) < 4.78 is 0. The van der Waals surface area contributed by atoms with Gasteiger partial charge in [-0.1, -0.05) is 19.3 Å². The molecule has 1 unspecified atom stereocenters. The lowest BCUT2D eigenvalue weighted by Gasteiger charge is -2.46. The van der Waals surface area contributed by atoms with Crippen LogP contribution in [0.5, 0.6) is 0 Å². The van der Waals surface area contributed by atoms with Gasteiger partial charge in [0, 0.05) is 13.1 Å². The number of nitrogens with zero attached hydrogens (tertiary/aromatic N) is 1. The second-order valence-electron chi connectivity index (χ2n) is 4.91. The molecule has 0 spiro atoms. The van der Waals surface area contributed by atoms with E-state index in [2.05, 4.69) is 11.9 Å². The molecule has 0 aromatic rings. The van der Waals surface area contributed by atoms with Gasteiger partial charge in [-0.25, -0.2) is 0 Å². The summed E-state index contributed by atoms with van der Waals surface area (Å²) >= 11 is 0. The van der Waals surface area contributed by atoms with Crippen molar-refractivity contribution in [2.45, 2.75) is 25.7 Å². The molecule has 2 aliphatic rings. The third-order valence-electron chi connectivity index (χ3n) is 3.95. The van der Waals surface area contributed by atoms with Crippen LogP contribution in [-0.2, 0) is 0 Å². The second kappa shape index (κ2) is 3.97. The molecule has 0 aromatic heterocycles. The molecule has 2 fully saturated rings. The first kappa shape index (κ1) is 9.47. The van der Waals surface area contributed by atoms with Crippen LogP contribution in [-0.4, -0.2) is 31.6 Å². The van der Waals surface area contributed by atoms with Crippen molar-refractivity contribution in [1.29, 1.82) is 0 Å². The quantitative estimate of drug-likeness (QED) is 0.710. The summed E-state index contributed by atoms with van der Waals surface area (Å²) in [6.45, 7) is 3.53. The van der Waals surface area contributed by atoms with Gasteiger partial charge in [-0.05, 0) is 37.8 Å². The molecule has 1 aliphatic heterocycles. The van der Waals surface area contributed by atoms with Gasteiger partial charge in [-0.15, -0.1) is 0 Å². The molecule has 2 N–H and O–H groups in total. The fourth-order valence-corrected chi connectivity index (χ4v) is 2.93. The Bertz CT molecular complexity index is 159. The third-order valence-corrected chi connectivity index (χ3v) is 3.95. The molecule has 0 aromatic carbocycles. The molecule has 1 heterocycles. The first-order valence-electron chi connectivity index (χ1n) is 5.70. The highest BCUT2D eigenvalue weighted by atomic mass is 15.2. The Hall–Kier alpha value is -0.0800. The van der Waals surface area contributed by atoms with Crippen molar-refractivity contribution in [3.63, 3.8) is 0 Å². The normalized spacial score (nSPS) is 28.2. The van der Waals surface area contributed by atoms with Crippen LogP contribution in [0.1, 0.15) is 25.7 Å². The predicted molar refractivity (Wildman–Crippen MR) is 55.5 cm³/mol. The second-order valence-corrected chi connectivity index (χ2v) is 4.91. The Morgan fingerprint density at radius 1 is 1.31 bits per heavy atom. The molecule has 2 heteroatoms. The van der Waals surface area contributed by atoms with E-state index >= 15 is 0 Å². The van der Waals surface area contributed by atoms with Gasteiger partial charge in [-0.2, -0.15) is 0 Å². The zero-order valence-electron chi connectivity index (χ0n) is 8.71. The fourth-order valence-electron chi connectivity index (χ4n) is 2.93. The van der Waals surface area contributed by atoms with Gasteiger partial charge in [0.25, 0.3) is 0 Å². The van der Waals surface area contributed by atoms with Crippen molar-refractivity contribution < 1.29 is 0 Å². The molecular weight excluding hydrogens is 160 g/mol. The van der Waals surface area contributed by atoms with Crippen LogP contribution in [0.25, 0.3) is 0 Å². The molecular formula is C11H22N2. The van der Waals surface area contributed by atoms with E-state index < -0.39 is 0 Å². The summed E-state index contributed by atoms with van der Waals surface area (Å²) in [6, 6.07) is 0. The van der Waals surface area contributed by atoms with E-state index in [1.807, 2.05) is 0 Å². The smallest absolute Gasteiger partial charge is 0.00217 e. The van der Waals surface area contributed by atoms with Gasteiger partial charge in [0.1, 0.15) is 0 Å². The van der Waals surface area contributed by atoms with Crippen molar-refractivity contribution in [3.8, 4) is 0 Å². The van der Waals surface area contributed by atoms with E-state index in [0.29, 0.717) is 0 Å². The molecule has 1 aliphatic carbocycles. The molecule has 1 saturated heterocycles. The number of hydrogen-bond acceptors (Lipinski definition) is 2. The summed E-state index contributed by atoms with van der Waals surface area (Å²) in [6.07, 6.45) is 5.69. The summed E-state index contributed by atoms with van der Waals surface area (Å²) in [5, 5.41) is 0. The first-order valence-corrected chi connectivity index (χ1v) is 5.70. The zero-order valence-corrected chi connectivity index (χ0v) is 8.71. The maximum absolute atomic E-state index is 5.68. The molecule has 0 amide bonds. The van der Waals surface area contributed by atoms with Crippen molar-refractivity contribution in [3.05, 3.63) is 0 Å². The highest BCUT2D eigenvalue weighted by Gasteiger charge is 2.37. The Labute approximate surface area is 81.5 Å². The number of likely N-dealkylation sites (tertiary alicyclic amines) is 1. The van der Waals surface area contributed by atoms with Crippen LogP contribution in [0.15, 0.2) is 0 Å². The van der Waals surface area contributed by atoms with Crippen LogP contribution < -0.4 is 5.73 Å². The SMILES string of the molecule is CN1CC(C(CCN)C2CCC2)C1. The van der Waals surface area contributed by atoms with Gasteiger partial charge in [-0.3, -0.25) is 0 Å². The van der Waals surface area contributed by atoms with E-state index in [9.17, 15) is 0 Å². The molecule has 76 valence electrons. The minimum atomic E-state index is 0.890. The topological polar surface area (TPSA) is 29.3 Å². The first-order chi connectivity index (χ1) is 6.31. The minimum Gasteiger partial charge on any atom is -0.330 e. The van der Waals surface area contributed by atoms with Crippen LogP contribution in [0, 0.1) is 17.8 Å². The monoisotopic (exact) mass is 182 g/mol. The maximum Gasteiger partial charge on any atom is 0.00217 e. The standard InChI is InChI=1S/C11H22N2/c1-13-7-10(8-13)11(5-6-12)9-3-2-4-9/h9-11H,2-8,12H2,1H3. The van der Waals surface area contributed by atoms with E-state index in [0.717, 1.165) is 24.3 Å². The van der Waals surface area contributed by atoms with Gasteiger partial charge in [0.15, 0.2) is 0 Å². The van der Waals surface area contributed by atoms with E-state index in [1.165, 1.54) is 38.8 Å². The highest BCUT2D eigenvalue weighted by Crippen LogP contribution is 2.41. The fraction of sp³-hybridized carbons (Fsp3) is 1.00. The van der Waals surface area contributed by atoms with Crippen LogP contribution in [0.3, 0.4) is 0 Å². The van der Waals surface area contributed by atoms with Crippen molar-refractivity contribution >= 4 is 0 Å².